The minimum atomic E-state index is -4.36. The number of alkyl halides is 3. The van der Waals surface area contributed by atoms with E-state index in [1.165, 1.54) is 18.2 Å². The summed E-state index contributed by atoms with van der Waals surface area (Å²) < 4.78 is 39.1. The van der Waals surface area contributed by atoms with Gasteiger partial charge in [0.25, 0.3) is 0 Å². The van der Waals surface area contributed by atoms with Crippen molar-refractivity contribution in [2.45, 2.75) is 44.2 Å². The van der Waals surface area contributed by atoms with Gasteiger partial charge in [-0.05, 0) is 71.8 Å². The fourth-order valence-corrected chi connectivity index (χ4v) is 4.62. The van der Waals surface area contributed by atoms with Crippen LogP contribution in [0.15, 0.2) is 24.3 Å². The van der Waals surface area contributed by atoms with Gasteiger partial charge in [0.2, 0.25) is 0 Å². The van der Waals surface area contributed by atoms with Gasteiger partial charge in [0.15, 0.2) is 0 Å². The van der Waals surface area contributed by atoms with Crippen molar-refractivity contribution >= 4 is 11.5 Å². The average molecular weight is 322 g/mol. The summed E-state index contributed by atoms with van der Waals surface area (Å²) in [5.74, 6) is -0.457. The summed E-state index contributed by atoms with van der Waals surface area (Å²) in [6, 6.07) is 3.79. The topological polar surface area (TPSA) is 37.3 Å². The molecule has 3 aliphatic carbocycles. The zero-order chi connectivity index (χ0) is 16.4. The molecule has 0 aliphatic heterocycles. The van der Waals surface area contributed by atoms with Crippen LogP contribution in [-0.4, -0.2) is 11.1 Å². The Kier molecular flexibility index (Phi) is 2.97. The molecule has 1 aromatic rings. The van der Waals surface area contributed by atoms with Gasteiger partial charge in [-0.1, -0.05) is 12.5 Å². The van der Waals surface area contributed by atoms with Crippen LogP contribution in [0.5, 0.6) is 0 Å². The number of hydrogen-bond donors (Lipinski definition) is 1. The first-order chi connectivity index (χ1) is 10.8. The van der Waals surface area contributed by atoms with Crippen molar-refractivity contribution in [1.82, 2.24) is 0 Å². The average Bonchev–Trinajstić information content (AvgIpc) is 3.19. The maximum Gasteiger partial charge on any atom is 0.416 e. The predicted molar refractivity (Wildman–Crippen MR) is 78.8 cm³/mol. The Labute approximate surface area is 132 Å². The third-order valence-corrected chi connectivity index (χ3v) is 5.89. The molecule has 5 heteroatoms. The highest BCUT2D eigenvalue weighted by Crippen LogP contribution is 2.69. The van der Waals surface area contributed by atoms with Gasteiger partial charge in [-0.2, -0.15) is 13.2 Å². The van der Waals surface area contributed by atoms with Gasteiger partial charge in [-0.15, -0.1) is 0 Å². The monoisotopic (exact) mass is 322 g/mol. The molecule has 0 radical (unpaired) electrons. The molecular formula is C18H17F3O2. The van der Waals surface area contributed by atoms with E-state index >= 15 is 0 Å². The van der Waals surface area contributed by atoms with Gasteiger partial charge < -0.3 is 5.11 Å². The Morgan fingerprint density at radius 2 is 2.04 bits per heavy atom. The van der Waals surface area contributed by atoms with Crippen molar-refractivity contribution in [1.29, 1.82) is 0 Å². The number of benzene rings is 1. The molecule has 2 saturated carbocycles. The molecule has 2 unspecified atom stereocenters. The molecule has 1 N–H and O–H groups in total. The maximum absolute atomic E-state index is 13.0. The molecule has 1 spiro atoms. The Morgan fingerprint density at radius 1 is 1.30 bits per heavy atom. The highest BCUT2D eigenvalue weighted by molar-refractivity contribution is 5.91. The second kappa shape index (κ2) is 4.62. The number of allylic oxidation sites excluding steroid dienone is 1. The van der Waals surface area contributed by atoms with Crippen LogP contribution in [0.1, 0.15) is 54.7 Å². The van der Waals surface area contributed by atoms with Gasteiger partial charge >= 0.3 is 12.1 Å². The molecule has 0 bridgehead atoms. The number of carbonyl (C=O) groups is 1. The van der Waals surface area contributed by atoms with Crippen molar-refractivity contribution in [3.05, 3.63) is 41.0 Å². The van der Waals surface area contributed by atoms with Crippen LogP contribution in [-0.2, 0) is 11.0 Å². The first-order valence-corrected chi connectivity index (χ1v) is 7.95. The van der Waals surface area contributed by atoms with Crippen LogP contribution in [0, 0.1) is 11.3 Å². The zero-order valence-corrected chi connectivity index (χ0v) is 12.5. The van der Waals surface area contributed by atoms with E-state index in [9.17, 15) is 18.0 Å². The molecule has 0 heterocycles. The van der Waals surface area contributed by atoms with E-state index < -0.39 is 17.7 Å². The summed E-state index contributed by atoms with van der Waals surface area (Å²) in [4.78, 5) is 11.2. The molecule has 2 atom stereocenters. The highest BCUT2D eigenvalue weighted by Gasteiger charge is 2.58. The van der Waals surface area contributed by atoms with E-state index in [0.29, 0.717) is 29.0 Å². The summed E-state index contributed by atoms with van der Waals surface area (Å²) in [6.07, 6.45) is 1.70. The van der Waals surface area contributed by atoms with E-state index in [1.54, 1.807) is 0 Å². The zero-order valence-electron chi connectivity index (χ0n) is 12.5. The lowest BCUT2D eigenvalue weighted by molar-refractivity contribution is -0.137. The van der Waals surface area contributed by atoms with E-state index in [4.69, 9.17) is 5.11 Å². The second-order valence-electron chi connectivity index (χ2n) is 7.15. The van der Waals surface area contributed by atoms with Gasteiger partial charge in [-0.3, -0.25) is 0 Å². The maximum atomic E-state index is 13.0. The molecule has 2 fully saturated rings. The summed E-state index contributed by atoms with van der Waals surface area (Å²) in [5, 5.41) is 9.15. The second-order valence-corrected chi connectivity index (χ2v) is 7.15. The lowest BCUT2D eigenvalue weighted by atomic mass is 9.62. The van der Waals surface area contributed by atoms with E-state index in [2.05, 4.69) is 0 Å². The van der Waals surface area contributed by atoms with Gasteiger partial charge in [0.1, 0.15) is 0 Å². The molecule has 23 heavy (non-hydrogen) atoms. The minimum Gasteiger partial charge on any atom is -0.478 e. The van der Waals surface area contributed by atoms with Crippen molar-refractivity contribution in [3.8, 4) is 0 Å². The third-order valence-electron chi connectivity index (χ3n) is 5.89. The number of halogens is 3. The minimum absolute atomic E-state index is 0.114. The van der Waals surface area contributed by atoms with E-state index in [-0.39, 0.29) is 11.3 Å². The number of carboxylic acids is 1. The van der Waals surface area contributed by atoms with Crippen LogP contribution in [0.4, 0.5) is 13.2 Å². The van der Waals surface area contributed by atoms with Crippen LogP contribution in [0.3, 0.4) is 0 Å². The fraction of sp³-hybridized carbons (Fsp3) is 0.500. The predicted octanol–water partition coefficient (Wildman–Crippen LogP) is 4.85. The Bertz CT molecular complexity index is 713. The van der Waals surface area contributed by atoms with Crippen LogP contribution in [0.25, 0.3) is 5.57 Å². The summed E-state index contributed by atoms with van der Waals surface area (Å²) in [5.41, 5.74) is 1.57. The fourth-order valence-electron chi connectivity index (χ4n) is 4.62. The molecular weight excluding hydrogens is 305 g/mol. The Morgan fingerprint density at radius 3 is 2.61 bits per heavy atom. The van der Waals surface area contributed by atoms with Crippen LogP contribution in [0.2, 0.25) is 0 Å². The molecule has 0 saturated heterocycles. The number of hydrogen-bond acceptors (Lipinski definition) is 1. The SMILES string of the molecule is O=C(O)/C=C1\CC2(CCC2)C2CC2c2cc(C(F)(F)F)ccc21. The number of fused-ring (bicyclic) bond motifs is 4. The van der Waals surface area contributed by atoms with Crippen LogP contribution < -0.4 is 0 Å². The molecule has 3 aliphatic rings. The molecule has 122 valence electrons. The summed E-state index contributed by atoms with van der Waals surface area (Å²) in [7, 11) is 0. The van der Waals surface area contributed by atoms with E-state index in [0.717, 1.165) is 31.7 Å². The number of carboxylic acid groups (broad SMARTS) is 1. The summed E-state index contributed by atoms with van der Waals surface area (Å²) >= 11 is 0. The molecule has 2 nitrogen and oxygen atoms in total. The molecule has 1 aromatic carbocycles. The van der Waals surface area contributed by atoms with Crippen molar-refractivity contribution in [3.63, 3.8) is 0 Å². The first kappa shape index (κ1) is 14.8. The standard InChI is InChI=1S/C18H17F3O2/c19-18(20,21)11-2-3-12-10(6-16(22)23)9-17(4-1-5-17)15-8-14(15)13(12)7-11/h2-3,6-7,14-15H,1,4-5,8-9H2,(H,22,23)/b10-6+. The highest BCUT2D eigenvalue weighted by atomic mass is 19.4. The molecule has 0 amide bonds. The van der Waals surface area contributed by atoms with Crippen molar-refractivity contribution in [2.75, 3.05) is 0 Å². The van der Waals surface area contributed by atoms with Crippen molar-refractivity contribution < 1.29 is 23.1 Å². The van der Waals surface area contributed by atoms with Gasteiger partial charge in [0, 0.05) is 6.08 Å². The lowest BCUT2D eigenvalue weighted by Crippen LogP contribution is -2.31. The quantitative estimate of drug-likeness (QED) is 0.750. The van der Waals surface area contributed by atoms with E-state index in [1.807, 2.05) is 0 Å². The smallest absolute Gasteiger partial charge is 0.416 e. The van der Waals surface area contributed by atoms with Crippen LogP contribution >= 0.6 is 0 Å². The molecule has 4 rings (SSSR count). The van der Waals surface area contributed by atoms with Gasteiger partial charge in [-0.25, -0.2) is 4.79 Å². The third kappa shape index (κ3) is 2.28. The largest absolute Gasteiger partial charge is 0.478 e. The normalized spacial score (nSPS) is 29.4. The molecule has 0 aromatic heterocycles. The number of rotatable bonds is 1. The Hall–Kier alpha value is -1.78. The Balaban J connectivity index is 1.84. The number of aliphatic carboxylic acids is 1. The van der Waals surface area contributed by atoms with Gasteiger partial charge in [0.05, 0.1) is 5.56 Å². The van der Waals surface area contributed by atoms with Crippen molar-refractivity contribution in [2.24, 2.45) is 11.3 Å². The summed E-state index contributed by atoms with van der Waals surface area (Å²) in [6.45, 7) is 0. The lowest BCUT2D eigenvalue weighted by Gasteiger charge is -2.43. The first-order valence-electron chi connectivity index (χ1n) is 7.95.